The predicted octanol–water partition coefficient (Wildman–Crippen LogP) is 5.57. The highest BCUT2D eigenvalue weighted by atomic mass is 32.2. The van der Waals surface area contributed by atoms with E-state index < -0.39 is 16.1 Å². The normalized spacial score (nSPS) is 12.2. The van der Waals surface area contributed by atoms with Crippen LogP contribution >= 0.6 is 0 Å². The van der Waals surface area contributed by atoms with E-state index >= 15 is 0 Å². The lowest BCUT2D eigenvalue weighted by atomic mass is 10.0. The SMILES string of the molecule is Cc1cccc(CN(C(=O)CCCN(c2cc(C)ccc2C)S(C)(=O)=O)[C@@H](Cc2ccccc2)C(=O)NCC(C)C)c1. The number of sulfonamides is 1. The third kappa shape index (κ3) is 9.72. The van der Waals surface area contributed by atoms with E-state index in [0.29, 0.717) is 25.1 Å². The number of rotatable bonds is 14. The van der Waals surface area contributed by atoms with Crippen molar-refractivity contribution in [2.75, 3.05) is 23.7 Å². The Morgan fingerprint density at radius 3 is 2.17 bits per heavy atom. The third-order valence-corrected chi connectivity index (χ3v) is 8.36. The molecule has 8 heteroatoms. The fourth-order valence-corrected chi connectivity index (χ4v) is 5.97. The molecule has 0 fully saturated rings. The van der Waals surface area contributed by atoms with Crippen LogP contribution < -0.4 is 9.62 Å². The Labute approximate surface area is 252 Å². The number of hydrogen-bond donors (Lipinski definition) is 1. The zero-order valence-electron chi connectivity index (χ0n) is 25.8. The summed E-state index contributed by atoms with van der Waals surface area (Å²) in [5, 5.41) is 3.04. The van der Waals surface area contributed by atoms with Gasteiger partial charge in [0.05, 0.1) is 11.9 Å². The molecule has 1 N–H and O–H groups in total. The van der Waals surface area contributed by atoms with E-state index in [1.165, 1.54) is 10.6 Å². The molecule has 0 bridgehead atoms. The maximum Gasteiger partial charge on any atom is 0.243 e. The van der Waals surface area contributed by atoms with Crippen molar-refractivity contribution in [3.63, 3.8) is 0 Å². The Morgan fingerprint density at radius 2 is 1.52 bits per heavy atom. The van der Waals surface area contributed by atoms with Gasteiger partial charge in [0.25, 0.3) is 0 Å². The molecule has 0 aliphatic carbocycles. The predicted molar refractivity (Wildman–Crippen MR) is 171 cm³/mol. The molecule has 0 aliphatic heterocycles. The molecule has 42 heavy (non-hydrogen) atoms. The summed E-state index contributed by atoms with van der Waals surface area (Å²) < 4.78 is 26.9. The smallest absolute Gasteiger partial charge is 0.243 e. The molecule has 3 rings (SSSR count). The Bertz CT molecular complexity index is 1450. The molecule has 0 spiro atoms. The van der Waals surface area contributed by atoms with E-state index in [9.17, 15) is 18.0 Å². The number of anilines is 1. The summed E-state index contributed by atoms with van der Waals surface area (Å²) in [5.41, 5.74) is 5.40. The van der Waals surface area contributed by atoms with Crippen molar-refractivity contribution in [1.82, 2.24) is 10.2 Å². The average Bonchev–Trinajstić information content (AvgIpc) is 2.93. The number of aryl methyl sites for hydroxylation is 3. The molecule has 3 aromatic carbocycles. The summed E-state index contributed by atoms with van der Waals surface area (Å²) in [5.74, 6) is -0.118. The van der Waals surface area contributed by atoms with Crippen LogP contribution in [-0.2, 0) is 32.6 Å². The summed E-state index contributed by atoms with van der Waals surface area (Å²) in [4.78, 5) is 29.3. The standard InChI is InChI=1S/C34H45N3O4S/c1-25(2)23-35-34(39)32(22-29-13-8-7-9-14-29)36(24-30-15-10-12-26(3)20-30)33(38)16-11-19-37(42(6,40)41)31-21-27(4)17-18-28(31)5/h7-10,12-15,17-18,20-21,25,32H,11,16,19,22-24H2,1-6H3,(H,35,39)/t32-/m0/s1. The van der Waals surface area contributed by atoms with E-state index in [2.05, 4.69) is 5.32 Å². The molecule has 0 unspecified atom stereocenters. The fourth-order valence-electron chi connectivity index (χ4n) is 4.95. The Hall–Kier alpha value is -3.65. The summed E-state index contributed by atoms with van der Waals surface area (Å²) in [6.07, 6.45) is 1.98. The lowest BCUT2D eigenvalue weighted by Crippen LogP contribution is -2.51. The number of amides is 2. The molecule has 0 aromatic heterocycles. The van der Waals surface area contributed by atoms with Crippen molar-refractivity contribution in [1.29, 1.82) is 0 Å². The van der Waals surface area contributed by atoms with Gasteiger partial charge in [0.1, 0.15) is 6.04 Å². The first-order valence-electron chi connectivity index (χ1n) is 14.6. The second-order valence-corrected chi connectivity index (χ2v) is 13.5. The minimum absolute atomic E-state index is 0.103. The molecule has 0 aliphatic rings. The molecule has 2 amide bonds. The van der Waals surface area contributed by atoms with Crippen LogP contribution in [0.1, 0.15) is 54.5 Å². The quantitative estimate of drug-likeness (QED) is 0.266. The number of carbonyl (C=O) groups excluding carboxylic acids is 2. The van der Waals surface area contributed by atoms with Crippen LogP contribution in [0.25, 0.3) is 0 Å². The minimum Gasteiger partial charge on any atom is -0.354 e. The van der Waals surface area contributed by atoms with E-state index in [1.807, 2.05) is 107 Å². The largest absolute Gasteiger partial charge is 0.354 e. The van der Waals surface area contributed by atoms with Crippen LogP contribution in [0.3, 0.4) is 0 Å². The molecule has 3 aromatic rings. The minimum atomic E-state index is -3.57. The van der Waals surface area contributed by atoms with Crippen LogP contribution in [0.5, 0.6) is 0 Å². The van der Waals surface area contributed by atoms with E-state index in [0.717, 1.165) is 27.8 Å². The number of carbonyl (C=O) groups is 2. The van der Waals surface area contributed by atoms with Crippen molar-refractivity contribution >= 4 is 27.5 Å². The molecular formula is C34H45N3O4S. The van der Waals surface area contributed by atoms with Gasteiger partial charge in [-0.25, -0.2) is 8.42 Å². The summed E-state index contributed by atoms with van der Waals surface area (Å²) in [6.45, 7) is 10.8. The molecular weight excluding hydrogens is 546 g/mol. The molecule has 226 valence electrons. The summed E-state index contributed by atoms with van der Waals surface area (Å²) in [7, 11) is -3.57. The Kier molecular flexibility index (Phi) is 11.7. The number of benzene rings is 3. The second-order valence-electron chi connectivity index (χ2n) is 11.6. The maximum atomic E-state index is 14.0. The molecule has 0 radical (unpaired) electrons. The Balaban J connectivity index is 1.90. The number of nitrogens with one attached hydrogen (secondary N) is 1. The van der Waals surface area contributed by atoms with Crippen molar-refractivity contribution in [3.8, 4) is 0 Å². The first kappa shape index (κ1) is 32.9. The van der Waals surface area contributed by atoms with Crippen molar-refractivity contribution in [2.45, 2.75) is 66.5 Å². The van der Waals surface area contributed by atoms with Gasteiger partial charge in [-0.15, -0.1) is 0 Å². The van der Waals surface area contributed by atoms with Gasteiger partial charge in [-0.3, -0.25) is 13.9 Å². The van der Waals surface area contributed by atoms with Crippen molar-refractivity contribution in [3.05, 3.63) is 101 Å². The fraction of sp³-hybridized carbons (Fsp3) is 0.412. The van der Waals surface area contributed by atoms with Gasteiger partial charge < -0.3 is 10.2 Å². The van der Waals surface area contributed by atoms with Crippen LogP contribution in [0, 0.1) is 26.7 Å². The molecule has 7 nitrogen and oxygen atoms in total. The van der Waals surface area contributed by atoms with Gasteiger partial charge in [0.15, 0.2) is 0 Å². The topological polar surface area (TPSA) is 86.8 Å². The van der Waals surface area contributed by atoms with Gasteiger partial charge in [-0.2, -0.15) is 0 Å². The van der Waals surface area contributed by atoms with Crippen LogP contribution in [0.2, 0.25) is 0 Å². The second kappa shape index (κ2) is 15.0. The van der Waals surface area contributed by atoms with E-state index in [-0.39, 0.29) is 37.2 Å². The average molecular weight is 592 g/mol. The van der Waals surface area contributed by atoms with Crippen molar-refractivity contribution < 1.29 is 18.0 Å². The lowest BCUT2D eigenvalue weighted by molar-refractivity contribution is -0.141. The third-order valence-electron chi connectivity index (χ3n) is 7.18. The highest BCUT2D eigenvalue weighted by Gasteiger charge is 2.30. The first-order valence-corrected chi connectivity index (χ1v) is 16.4. The lowest BCUT2D eigenvalue weighted by Gasteiger charge is -2.32. The van der Waals surface area contributed by atoms with Gasteiger partial charge >= 0.3 is 0 Å². The first-order chi connectivity index (χ1) is 19.8. The van der Waals surface area contributed by atoms with Crippen molar-refractivity contribution in [2.24, 2.45) is 5.92 Å². The zero-order valence-corrected chi connectivity index (χ0v) is 26.6. The highest BCUT2D eigenvalue weighted by Crippen LogP contribution is 2.25. The van der Waals surface area contributed by atoms with Crippen LogP contribution in [0.15, 0.2) is 72.8 Å². The maximum absolute atomic E-state index is 14.0. The van der Waals surface area contributed by atoms with Gasteiger partial charge in [-0.1, -0.05) is 86.1 Å². The molecule has 0 heterocycles. The molecule has 0 saturated heterocycles. The van der Waals surface area contributed by atoms with Crippen LogP contribution in [-0.4, -0.2) is 50.5 Å². The Morgan fingerprint density at radius 1 is 0.857 bits per heavy atom. The van der Waals surface area contributed by atoms with Gasteiger partial charge in [-0.05, 0) is 61.4 Å². The highest BCUT2D eigenvalue weighted by molar-refractivity contribution is 7.92. The molecule has 0 saturated carbocycles. The number of hydrogen-bond acceptors (Lipinski definition) is 4. The van der Waals surface area contributed by atoms with Crippen LogP contribution in [0.4, 0.5) is 5.69 Å². The van der Waals surface area contributed by atoms with Gasteiger partial charge in [0, 0.05) is 32.5 Å². The summed E-state index contributed by atoms with van der Waals surface area (Å²) in [6, 6.07) is 22.6. The number of nitrogens with zero attached hydrogens (tertiary/aromatic N) is 2. The summed E-state index contributed by atoms with van der Waals surface area (Å²) >= 11 is 0. The monoisotopic (exact) mass is 591 g/mol. The van der Waals surface area contributed by atoms with Gasteiger partial charge in [0.2, 0.25) is 21.8 Å². The van der Waals surface area contributed by atoms with E-state index in [1.54, 1.807) is 4.90 Å². The van der Waals surface area contributed by atoms with E-state index in [4.69, 9.17) is 0 Å². The zero-order chi connectivity index (χ0) is 30.9. The molecule has 1 atom stereocenters.